The molecule has 300 valence electrons. The summed E-state index contributed by atoms with van der Waals surface area (Å²) in [5.41, 5.74) is 3.55. The summed E-state index contributed by atoms with van der Waals surface area (Å²) in [6, 6.07) is 16.5. The first-order valence-corrected chi connectivity index (χ1v) is 22.5. The number of hydrogen-bond acceptors (Lipinski definition) is 7. The molecule has 54 heavy (non-hydrogen) atoms. The van der Waals surface area contributed by atoms with Gasteiger partial charge in [0.2, 0.25) is 20.0 Å². The minimum atomic E-state index is -3.79. The highest BCUT2D eigenvalue weighted by Crippen LogP contribution is 2.57. The van der Waals surface area contributed by atoms with Gasteiger partial charge in [0.15, 0.2) is 5.78 Å². The van der Waals surface area contributed by atoms with E-state index in [9.17, 15) is 26.4 Å². The smallest absolute Gasteiger partial charge is 0.324 e. The second-order valence-corrected chi connectivity index (χ2v) is 21.5. The number of carboxylic acid groups (broad SMARTS) is 1. The van der Waals surface area contributed by atoms with Crippen LogP contribution < -0.4 is 15.2 Å². The highest BCUT2D eigenvalue weighted by Gasteiger charge is 2.50. The largest absolute Gasteiger partial charge is 0.480 e. The molecule has 0 saturated heterocycles. The van der Waals surface area contributed by atoms with Crippen LogP contribution in [0, 0.1) is 53.3 Å². The number of Topliss-reactive ketones (excluding diaryl/α,β-unsaturated/α-hetero) is 1. The molecular formula is C41H60ClN3O7S2. The zero-order chi connectivity index (χ0) is 38.3. The fraction of sp³-hybridized carbons (Fsp3) is 0.659. The summed E-state index contributed by atoms with van der Waals surface area (Å²) in [5, 5.41) is 8.82. The standard InChI is InChI=1S/C21H29NO3S.C10H13NO4S.C10H17N.ClH/c1-21(2,22-26(24,25)18-6-4-3-5-7-18)20(23)13-19-16-9-14-8-15(11-16)12-17(19)10-14;1-10(2,9(12)13)11-16(14,15)8-6-4-3-5-7-8;11-10-8-2-6-1-7(4-8)5-9(10)3-6;/h3-7,14-17,19,22H,8-13H2,1-2H3;3-7,11H,1-2H3,(H,12,13);6-10H,1-5,11H2;1H. The van der Waals surface area contributed by atoms with Gasteiger partial charge in [-0.05, 0) is 169 Å². The van der Waals surface area contributed by atoms with Gasteiger partial charge in [-0.25, -0.2) is 16.8 Å². The zero-order valence-corrected chi connectivity index (χ0v) is 34.5. The van der Waals surface area contributed by atoms with Crippen LogP contribution in [-0.2, 0) is 29.6 Å². The minimum Gasteiger partial charge on any atom is -0.480 e. The SMILES string of the molecule is CC(C)(NS(=O)(=O)c1ccccc1)C(=O)CC1C2CC3CC(C2)CC1C3.CC(C)(NS(=O)(=O)c1ccccc1)C(=O)O.Cl.NC1C2CC3CC(C2)CC1C3. The van der Waals surface area contributed by atoms with Gasteiger partial charge in [0.25, 0.3) is 0 Å². The lowest BCUT2D eigenvalue weighted by Gasteiger charge is -2.54. The fourth-order valence-electron chi connectivity index (χ4n) is 10.9. The Hall–Kier alpha value is -2.35. The molecule has 2 aromatic rings. The van der Waals surface area contributed by atoms with E-state index in [1.165, 1.54) is 83.8 Å². The molecule has 0 heterocycles. The molecule has 10 nitrogen and oxygen atoms in total. The normalized spacial score (nSPS) is 32.0. The molecule has 8 saturated carbocycles. The van der Waals surface area contributed by atoms with Crippen LogP contribution in [0.1, 0.15) is 98.3 Å². The van der Waals surface area contributed by atoms with Crippen LogP contribution in [0.3, 0.4) is 0 Å². The molecule has 2 aromatic carbocycles. The lowest BCUT2D eigenvalue weighted by Crippen LogP contribution is -2.52. The molecule has 13 heteroatoms. The van der Waals surface area contributed by atoms with Gasteiger partial charge in [-0.3, -0.25) is 9.59 Å². The number of aliphatic carboxylic acids is 1. The lowest BCUT2D eigenvalue weighted by atomic mass is 9.51. The first kappa shape index (κ1) is 42.8. The molecular weight excluding hydrogens is 746 g/mol. The molecule has 0 aromatic heterocycles. The van der Waals surface area contributed by atoms with Crippen LogP contribution in [0.2, 0.25) is 0 Å². The summed E-state index contributed by atoms with van der Waals surface area (Å²) in [6.07, 6.45) is 14.4. The second kappa shape index (κ2) is 16.6. The van der Waals surface area contributed by atoms with Crippen molar-refractivity contribution in [1.82, 2.24) is 9.44 Å². The van der Waals surface area contributed by atoms with Crippen molar-refractivity contribution >= 4 is 44.2 Å². The topological polar surface area (TPSA) is 173 Å². The van der Waals surface area contributed by atoms with Crippen molar-refractivity contribution in [2.45, 2.75) is 125 Å². The number of carbonyl (C=O) groups excluding carboxylic acids is 1. The molecule has 0 atom stereocenters. The van der Waals surface area contributed by atoms with Crippen LogP contribution in [0.5, 0.6) is 0 Å². The van der Waals surface area contributed by atoms with Gasteiger partial charge >= 0.3 is 5.97 Å². The van der Waals surface area contributed by atoms with E-state index in [1.54, 1.807) is 68.8 Å². The molecule has 8 fully saturated rings. The van der Waals surface area contributed by atoms with E-state index in [2.05, 4.69) is 9.44 Å². The van der Waals surface area contributed by atoms with Crippen molar-refractivity contribution in [2.24, 2.45) is 59.0 Å². The maximum Gasteiger partial charge on any atom is 0.324 e. The third kappa shape index (κ3) is 9.77. The Balaban J connectivity index is 0.000000170. The number of halogens is 1. The van der Waals surface area contributed by atoms with Crippen LogP contribution >= 0.6 is 12.4 Å². The van der Waals surface area contributed by atoms with Gasteiger partial charge in [-0.15, -0.1) is 12.4 Å². The second-order valence-electron chi connectivity index (χ2n) is 18.1. The summed E-state index contributed by atoms with van der Waals surface area (Å²) < 4.78 is 53.6. The van der Waals surface area contributed by atoms with E-state index in [-0.39, 0.29) is 28.0 Å². The Morgan fingerprint density at radius 1 is 0.611 bits per heavy atom. The van der Waals surface area contributed by atoms with Crippen LogP contribution in [-0.4, -0.2) is 50.8 Å². The Bertz CT molecular complexity index is 1780. The number of nitrogens with one attached hydrogen (secondary N) is 2. The Morgan fingerprint density at radius 3 is 1.30 bits per heavy atom. The first-order valence-electron chi connectivity index (χ1n) is 19.5. The van der Waals surface area contributed by atoms with Crippen molar-refractivity contribution in [3.8, 4) is 0 Å². The highest BCUT2D eigenvalue weighted by molar-refractivity contribution is 7.89. The molecule has 0 aliphatic heterocycles. The maximum absolute atomic E-state index is 13.0. The predicted octanol–water partition coefficient (Wildman–Crippen LogP) is 6.79. The number of benzene rings is 2. The van der Waals surface area contributed by atoms with Gasteiger partial charge in [0.05, 0.1) is 15.3 Å². The number of ketones is 1. The summed E-state index contributed by atoms with van der Waals surface area (Å²) in [5.74, 6) is 6.37. The van der Waals surface area contributed by atoms with Gasteiger partial charge < -0.3 is 10.8 Å². The van der Waals surface area contributed by atoms with E-state index in [0.717, 1.165) is 35.5 Å². The molecule has 0 spiro atoms. The summed E-state index contributed by atoms with van der Waals surface area (Å²) >= 11 is 0. The number of hydrogen-bond donors (Lipinski definition) is 4. The third-order valence-corrected chi connectivity index (χ3v) is 16.6. The molecule has 10 rings (SSSR count). The number of rotatable bonds is 10. The maximum atomic E-state index is 13.0. The Labute approximate surface area is 328 Å². The van der Waals surface area contributed by atoms with E-state index in [1.807, 2.05) is 0 Å². The molecule has 0 amide bonds. The van der Waals surface area contributed by atoms with Crippen LogP contribution in [0.15, 0.2) is 70.5 Å². The van der Waals surface area contributed by atoms with Gasteiger partial charge in [-0.2, -0.15) is 9.44 Å². The molecule has 0 unspecified atom stereocenters. The number of nitrogens with two attached hydrogens (primary N) is 1. The number of carboxylic acids is 1. The molecule has 8 bridgehead atoms. The van der Waals surface area contributed by atoms with Crippen molar-refractivity contribution in [3.05, 3.63) is 60.7 Å². The van der Waals surface area contributed by atoms with E-state index in [4.69, 9.17) is 10.8 Å². The van der Waals surface area contributed by atoms with Crippen LogP contribution in [0.4, 0.5) is 0 Å². The molecule has 5 N–H and O–H groups in total. The first-order chi connectivity index (χ1) is 24.8. The molecule has 8 aliphatic rings. The van der Waals surface area contributed by atoms with E-state index < -0.39 is 37.1 Å². The van der Waals surface area contributed by atoms with Crippen molar-refractivity contribution < 1.29 is 31.5 Å². The predicted molar refractivity (Wildman–Crippen MR) is 212 cm³/mol. The monoisotopic (exact) mass is 805 g/mol. The Morgan fingerprint density at radius 2 is 0.944 bits per heavy atom. The molecule has 8 aliphatic carbocycles. The number of sulfonamides is 2. The average Bonchev–Trinajstić information content (AvgIpc) is 3.08. The minimum absolute atomic E-state index is 0. The lowest BCUT2D eigenvalue weighted by molar-refractivity contribution is -0.142. The summed E-state index contributed by atoms with van der Waals surface area (Å²) in [4.78, 5) is 24.1. The third-order valence-electron chi connectivity index (χ3n) is 13.3. The van der Waals surface area contributed by atoms with Crippen molar-refractivity contribution in [1.29, 1.82) is 0 Å². The fourth-order valence-corrected chi connectivity index (χ4v) is 13.7. The summed E-state index contributed by atoms with van der Waals surface area (Å²) in [7, 11) is -7.49. The average molecular weight is 807 g/mol. The van der Waals surface area contributed by atoms with Crippen LogP contribution in [0.25, 0.3) is 0 Å². The highest BCUT2D eigenvalue weighted by atomic mass is 35.5. The zero-order valence-electron chi connectivity index (χ0n) is 32.0. The summed E-state index contributed by atoms with van der Waals surface area (Å²) in [6.45, 7) is 5.98. The van der Waals surface area contributed by atoms with Crippen molar-refractivity contribution in [2.75, 3.05) is 0 Å². The van der Waals surface area contributed by atoms with Gasteiger partial charge in [0.1, 0.15) is 5.54 Å². The molecule has 0 radical (unpaired) electrons. The quantitative estimate of drug-likeness (QED) is 0.203. The van der Waals surface area contributed by atoms with E-state index in [0.29, 0.717) is 30.2 Å². The number of carbonyl (C=O) groups is 2. The van der Waals surface area contributed by atoms with E-state index >= 15 is 0 Å². The van der Waals surface area contributed by atoms with Crippen molar-refractivity contribution in [3.63, 3.8) is 0 Å². The Kier molecular flexibility index (Phi) is 13.2. The van der Waals surface area contributed by atoms with Gasteiger partial charge in [0, 0.05) is 12.5 Å². The van der Waals surface area contributed by atoms with Gasteiger partial charge in [-0.1, -0.05) is 36.4 Å².